The van der Waals surface area contributed by atoms with Gasteiger partial charge in [0.25, 0.3) is 11.6 Å². The lowest BCUT2D eigenvalue weighted by atomic mass is 10.1. The van der Waals surface area contributed by atoms with Crippen molar-refractivity contribution >= 4 is 5.69 Å². The van der Waals surface area contributed by atoms with Crippen molar-refractivity contribution < 1.29 is 9.45 Å². The number of nitrogens with zero attached hydrogens (tertiary/aromatic N) is 3. The summed E-state index contributed by atoms with van der Waals surface area (Å²) in [6.07, 6.45) is 0. The summed E-state index contributed by atoms with van der Waals surface area (Å²) in [6.45, 7) is 3.54. The van der Waals surface area contributed by atoms with Crippen LogP contribution in [0.15, 0.2) is 22.7 Å². The van der Waals surface area contributed by atoms with Crippen molar-refractivity contribution in [3.63, 3.8) is 0 Å². The predicted octanol–water partition coefficient (Wildman–Crippen LogP) is 1.97. The van der Waals surface area contributed by atoms with Crippen LogP contribution >= 0.6 is 0 Å². The molecule has 0 radical (unpaired) electrons. The van der Waals surface area contributed by atoms with Crippen LogP contribution in [0.25, 0.3) is 11.5 Å². The molecule has 1 atom stereocenters. The van der Waals surface area contributed by atoms with Gasteiger partial charge in [0.15, 0.2) is 5.82 Å². The Labute approximate surface area is 103 Å². The summed E-state index contributed by atoms with van der Waals surface area (Å²) in [5.41, 5.74) is 6.72. The fourth-order valence-electron chi connectivity index (χ4n) is 1.51. The molecule has 1 unspecified atom stereocenters. The first-order chi connectivity index (χ1) is 8.49. The molecule has 0 bridgehead atoms. The molecule has 0 aliphatic heterocycles. The largest absolute Gasteiger partial charge is 0.334 e. The van der Waals surface area contributed by atoms with Gasteiger partial charge >= 0.3 is 0 Å². The maximum absolute atomic E-state index is 10.9. The molecule has 2 aromatic rings. The number of nitro groups is 1. The number of benzene rings is 1. The van der Waals surface area contributed by atoms with E-state index in [9.17, 15) is 10.1 Å². The van der Waals surface area contributed by atoms with E-state index in [1.165, 1.54) is 6.07 Å². The molecule has 1 aromatic carbocycles. The Bertz CT molecular complexity index is 592. The van der Waals surface area contributed by atoms with Gasteiger partial charge in [-0.25, -0.2) is 0 Å². The van der Waals surface area contributed by atoms with E-state index in [1.807, 2.05) is 6.92 Å². The molecule has 0 saturated carbocycles. The summed E-state index contributed by atoms with van der Waals surface area (Å²) in [5.74, 6) is 0.429. The number of hydrogen-bond acceptors (Lipinski definition) is 6. The number of nitrogens with two attached hydrogens (primary N) is 1. The first kappa shape index (κ1) is 12.2. The Hall–Kier alpha value is -2.28. The predicted molar refractivity (Wildman–Crippen MR) is 63.7 cm³/mol. The summed E-state index contributed by atoms with van der Waals surface area (Å²) >= 11 is 0. The molecule has 94 valence electrons. The fourth-order valence-corrected chi connectivity index (χ4v) is 1.51. The van der Waals surface area contributed by atoms with Gasteiger partial charge in [0.1, 0.15) is 5.56 Å². The SMILES string of the molecule is Cc1ccc([N+](=O)[O-])c(-c2nc(C(C)N)no2)c1. The molecule has 0 amide bonds. The number of aryl methyl sites for hydroxylation is 1. The third-order valence-corrected chi connectivity index (χ3v) is 2.43. The maximum Gasteiger partial charge on any atom is 0.282 e. The Balaban J connectivity index is 2.54. The third-order valence-electron chi connectivity index (χ3n) is 2.43. The summed E-state index contributed by atoms with van der Waals surface area (Å²) < 4.78 is 5.01. The summed E-state index contributed by atoms with van der Waals surface area (Å²) in [6, 6.07) is 4.33. The number of aromatic nitrogens is 2. The van der Waals surface area contributed by atoms with Gasteiger partial charge in [-0.05, 0) is 25.5 Å². The zero-order valence-corrected chi connectivity index (χ0v) is 9.95. The molecule has 0 fully saturated rings. The topological polar surface area (TPSA) is 108 Å². The molecular weight excluding hydrogens is 236 g/mol. The van der Waals surface area contributed by atoms with E-state index in [-0.39, 0.29) is 17.6 Å². The highest BCUT2D eigenvalue weighted by Gasteiger charge is 2.21. The van der Waals surface area contributed by atoms with Crippen molar-refractivity contribution in [1.82, 2.24) is 10.1 Å². The standard InChI is InChI=1S/C11H12N4O3/c1-6-3-4-9(15(16)17)8(5-6)11-13-10(7(2)12)14-18-11/h3-5,7H,12H2,1-2H3. The molecule has 7 nitrogen and oxygen atoms in total. The van der Waals surface area contributed by atoms with Crippen molar-refractivity contribution in [3.8, 4) is 11.5 Å². The monoisotopic (exact) mass is 248 g/mol. The summed E-state index contributed by atoms with van der Waals surface area (Å²) in [5, 5.41) is 14.6. The highest BCUT2D eigenvalue weighted by molar-refractivity contribution is 5.67. The Morgan fingerprint density at radius 2 is 2.22 bits per heavy atom. The van der Waals surface area contributed by atoms with Crippen molar-refractivity contribution in [1.29, 1.82) is 0 Å². The van der Waals surface area contributed by atoms with E-state index in [2.05, 4.69) is 10.1 Å². The smallest absolute Gasteiger partial charge is 0.282 e. The van der Waals surface area contributed by atoms with Crippen molar-refractivity contribution in [3.05, 3.63) is 39.7 Å². The van der Waals surface area contributed by atoms with Crippen LogP contribution in [-0.4, -0.2) is 15.1 Å². The Morgan fingerprint density at radius 3 is 2.78 bits per heavy atom. The number of nitro benzene ring substituents is 1. The normalized spacial score (nSPS) is 12.4. The minimum Gasteiger partial charge on any atom is -0.334 e. The zero-order chi connectivity index (χ0) is 13.3. The highest BCUT2D eigenvalue weighted by Crippen LogP contribution is 2.29. The second-order valence-corrected chi connectivity index (χ2v) is 4.02. The lowest BCUT2D eigenvalue weighted by Crippen LogP contribution is -2.06. The maximum atomic E-state index is 10.9. The molecule has 0 saturated heterocycles. The second-order valence-electron chi connectivity index (χ2n) is 4.02. The summed E-state index contributed by atoms with van der Waals surface area (Å²) in [4.78, 5) is 14.5. The first-order valence-electron chi connectivity index (χ1n) is 5.33. The van der Waals surface area contributed by atoms with Gasteiger partial charge in [-0.1, -0.05) is 11.2 Å². The van der Waals surface area contributed by atoms with Crippen LogP contribution < -0.4 is 5.73 Å². The van der Waals surface area contributed by atoms with Crippen LogP contribution in [0.3, 0.4) is 0 Å². The average molecular weight is 248 g/mol. The van der Waals surface area contributed by atoms with Gasteiger partial charge in [0, 0.05) is 6.07 Å². The van der Waals surface area contributed by atoms with E-state index in [0.29, 0.717) is 11.4 Å². The molecule has 2 rings (SSSR count). The van der Waals surface area contributed by atoms with Gasteiger partial charge < -0.3 is 10.3 Å². The van der Waals surface area contributed by atoms with Gasteiger partial charge in [0.2, 0.25) is 0 Å². The van der Waals surface area contributed by atoms with E-state index >= 15 is 0 Å². The van der Waals surface area contributed by atoms with Crippen LogP contribution in [0.4, 0.5) is 5.69 Å². The van der Waals surface area contributed by atoms with Gasteiger partial charge in [0.05, 0.1) is 11.0 Å². The van der Waals surface area contributed by atoms with Crippen LogP contribution in [0.5, 0.6) is 0 Å². The van der Waals surface area contributed by atoms with E-state index in [0.717, 1.165) is 5.56 Å². The minimum atomic E-state index is -0.482. The molecule has 7 heteroatoms. The van der Waals surface area contributed by atoms with Crippen LogP contribution in [0.2, 0.25) is 0 Å². The highest BCUT2D eigenvalue weighted by atomic mass is 16.6. The molecule has 1 aromatic heterocycles. The molecule has 18 heavy (non-hydrogen) atoms. The minimum absolute atomic E-state index is 0.0690. The van der Waals surface area contributed by atoms with Gasteiger partial charge in [-0.15, -0.1) is 0 Å². The average Bonchev–Trinajstić information content (AvgIpc) is 2.77. The van der Waals surface area contributed by atoms with Crippen molar-refractivity contribution in [2.24, 2.45) is 5.73 Å². The van der Waals surface area contributed by atoms with Crippen molar-refractivity contribution in [2.45, 2.75) is 19.9 Å². The molecule has 0 aliphatic carbocycles. The molecule has 2 N–H and O–H groups in total. The van der Waals surface area contributed by atoms with Gasteiger partial charge in [-0.3, -0.25) is 10.1 Å². The Kier molecular flexibility index (Phi) is 3.07. The Morgan fingerprint density at radius 1 is 1.50 bits per heavy atom. The molecule has 0 spiro atoms. The zero-order valence-electron chi connectivity index (χ0n) is 9.95. The first-order valence-corrected chi connectivity index (χ1v) is 5.33. The molecule has 1 heterocycles. The third kappa shape index (κ3) is 2.21. The second kappa shape index (κ2) is 4.53. The van der Waals surface area contributed by atoms with Crippen LogP contribution in [-0.2, 0) is 0 Å². The van der Waals surface area contributed by atoms with Crippen LogP contribution in [0.1, 0.15) is 24.4 Å². The lowest BCUT2D eigenvalue weighted by Gasteiger charge is -1.99. The lowest BCUT2D eigenvalue weighted by molar-refractivity contribution is -0.384. The quantitative estimate of drug-likeness (QED) is 0.657. The fraction of sp³-hybridized carbons (Fsp3) is 0.273. The number of rotatable bonds is 3. The van der Waals surface area contributed by atoms with E-state index < -0.39 is 4.92 Å². The van der Waals surface area contributed by atoms with E-state index in [1.54, 1.807) is 19.1 Å². The van der Waals surface area contributed by atoms with Crippen LogP contribution in [0, 0.1) is 17.0 Å². The van der Waals surface area contributed by atoms with E-state index in [4.69, 9.17) is 10.3 Å². The van der Waals surface area contributed by atoms with Crippen molar-refractivity contribution in [2.75, 3.05) is 0 Å². The van der Waals surface area contributed by atoms with Gasteiger partial charge in [-0.2, -0.15) is 4.98 Å². The molecular formula is C11H12N4O3. The number of hydrogen-bond donors (Lipinski definition) is 1. The molecule has 0 aliphatic rings. The summed E-state index contributed by atoms with van der Waals surface area (Å²) in [7, 11) is 0.